The van der Waals surface area contributed by atoms with E-state index in [9.17, 15) is 25.0 Å². The maximum atomic E-state index is 12.3. The van der Waals surface area contributed by atoms with E-state index in [0.717, 1.165) is 16.5 Å². The van der Waals surface area contributed by atoms with E-state index in [1.807, 2.05) is 0 Å². The second kappa shape index (κ2) is 6.59. The zero-order valence-electron chi connectivity index (χ0n) is 13.5. The van der Waals surface area contributed by atoms with Crippen molar-refractivity contribution in [2.75, 3.05) is 0 Å². The quantitative estimate of drug-likeness (QED) is 0.517. The first-order chi connectivity index (χ1) is 12.4. The molecule has 0 saturated heterocycles. The lowest BCUT2D eigenvalue weighted by Crippen LogP contribution is -2.13. The zero-order valence-corrected chi connectivity index (χ0v) is 13.5. The Morgan fingerprint density at radius 1 is 1.15 bits per heavy atom. The fraction of sp³-hybridized carbons (Fsp3) is 0.125. The molecule has 0 bridgehead atoms. The number of imidazole rings is 1. The second-order valence-corrected chi connectivity index (χ2v) is 5.46. The molecule has 0 N–H and O–H groups in total. The Morgan fingerprint density at radius 3 is 2.58 bits per heavy atom. The summed E-state index contributed by atoms with van der Waals surface area (Å²) in [7, 11) is 0. The lowest BCUT2D eigenvalue weighted by atomic mass is 10.1. The highest BCUT2D eigenvalue weighted by Gasteiger charge is 2.20. The molecule has 10 nitrogen and oxygen atoms in total. The molecule has 0 fully saturated rings. The maximum absolute atomic E-state index is 12.3. The van der Waals surface area contributed by atoms with Crippen molar-refractivity contribution < 1.29 is 19.4 Å². The number of non-ortho nitro benzene ring substituents is 1. The molecular weight excluding hydrogens is 344 g/mol. The highest BCUT2D eigenvalue weighted by atomic mass is 16.6. The van der Waals surface area contributed by atoms with Crippen molar-refractivity contribution in [3.8, 4) is 0 Å². The molecular formula is C16H12N4O6. The Bertz CT molecular complexity index is 1040. The highest BCUT2D eigenvalue weighted by Crippen LogP contribution is 2.25. The van der Waals surface area contributed by atoms with Gasteiger partial charge in [0, 0.05) is 12.1 Å². The Hall–Kier alpha value is -3.82. The first-order valence-corrected chi connectivity index (χ1v) is 7.40. The molecule has 0 amide bonds. The number of benzene rings is 2. The first kappa shape index (κ1) is 17.0. The lowest BCUT2D eigenvalue weighted by Gasteiger charge is -2.07. The molecule has 0 aliphatic carbocycles. The van der Waals surface area contributed by atoms with E-state index in [1.54, 1.807) is 19.1 Å². The second-order valence-electron chi connectivity index (χ2n) is 5.46. The molecule has 1 heterocycles. The summed E-state index contributed by atoms with van der Waals surface area (Å²) in [5, 5.41) is 22.1. The van der Waals surface area contributed by atoms with Gasteiger partial charge in [0.15, 0.2) is 5.52 Å². The van der Waals surface area contributed by atoms with Gasteiger partial charge in [-0.2, -0.15) is 0 Å². The van der Waals surface area contributed by atoms with E-state index in [0.29, 0.717) is 0 Å². The topological polar surface area (TPSA) is 130 Å². The third kappa shape index (κ3) is 3.07. The van der Waals surface area contributed by atoms with Gasteiger partial charge < -0.3 is 4.74 Å². The van der Waals surface area contributed by atoms with Crippen molar-refractivity contribution in [2.24, 2.45) is 0 Å². The molecule has 0 spiro atoms. The van der Waals surface area contributed by atoms with Gasteiger partial charge in [-0.25, -0.2) is 14.3 Å². The van der Waals surface area contributed by atoms with Crippen LogP contribution in [0.5, 0.6) is 0 Å². The number of aromatic nitrogens is 2. The molecule has 0 atom stereocenters. The number of fused-ring (bicyclic) bond motifs is 1. The smallest absolute Gasteiger partial charge is 0.420 e. The average Bonchev–Trinajstić information content (AvgIpc) is 3.03. The number of hydrogen-bond acceptors (Lipinski definition) is 7. The predicted molar refractivity (Wildman–Crippen MR) is 89.8 cm³/mol. The first-order valence-electron chi connectivity index (χ1n) is 7.40. The fourth-order valence-electron chi connectivity index (χ4n) is 2.53. The number of aryl methyl sites for hydroxylation is 1. The van der Waals surface area contributed by atoms with Crippen molar-refractivity contribution in [1.82, 2.24) is 9.55 Å². The molecule has 0 radical (unpaired) electrons. The highest BCUT2D eigenvalue weighted by molar-refractivity contribution is 5.91. The standard InChI is InChI=1S/C16H12N4O6/c1-10-5-6-12(19(22)23)11(7-10)8-26-16(21)18-9-17-15-13(18)3-2-4-14(15)20(24)25/h2-7,9H,8H2,1H3. The van der Waals surface area contributed by atoms with E-state index in [4.69, 9.17) is 4.74 Å². The molecule has 10 heteroatoms. The van der Waals surface area contributed by atoms with E-state index in [1.165, 1.54) is 24.3 Å². The number of nitro benzene ring substituents is 2. The van der Waals surface area contributed by atoms with Crippen LogP contribution in [0.4, 0.5) is 16.2 Å². The van der Waals surface area contributed by atoms with Gasteiger partial charge in [-0.15, -0.1) is 0 Å². The van der Waals surface area contributed by atoms with Crippen LogP contribution < -0.4 is 0 Å². The molecule has 3 rings (SSSR count). The van der Waals surface area contributed by atoms with Gasteiger partial charge in [-0.3, -0.25) is 20.2 Å². The van der Waals surface area contributed by atoms with Crippen LogP contribution in [0.3, 0.4) is 0 Å². The van der Waals surface area contributed by atoms with Gasteiger partial charge in [-0.05, 0) is 19.1 Å². The van der Waals surface area contributed by atoms with Crippen molar-refractivity contribution >= 4 is 28.5 Å². The predicted octanol–water partition coefficient (Wildman–Crippen LogP) is 3.35. The van der Waals surface area contributed by atoms with E-state index in [2.05, 4.69) is 4.98 Å². The van der Waals surface area contributed by atoms with E-state index < -0.39 is 15.9 Å². The van der Waals surface area contributed by atoms with Crippen LogP contribution in [0, 0.1) is 27.2 Å². The molecule has 2 aromatic carbocycles. The largest absolute Gasteiger partial charge is 0.444 e. The summed E-state index contributed by atoms with van der Waals surface area (Å²) in [4.78, 5) is 37.1. The summed E-state index contributed by atoms with van der Waals surface area (Å²) in [6.45, 7) is 1.45. The summed E-state index contributed by atoms with van der Waals surface area (Å²) in [6, 6.07) is 8.69. The SMILES string of the molecule is Cc1ccc([N+](=O)[O-])c(COC(=O)n2cnc3c([N+](=O)[O-])cccc32)c1. The molecule has 0 unspecified atom stereocenters. The molecule has 3 aromatic rings. The summed E-state index contributed by atoms with van der Waals surface area (Å²) in [5.74, 6) is 0. The number of rotatable bonds is 4. The van der Waals surface area contributed by atoms with E-state index >= 15 is 0 Å². The minimum absolute atomic E-state index is 0.0518. The van der Waals surface area contributed by atoms with Crippen molar-refractivity contribution in [1.29, 1.82) is 0 Å². The number of carbonyl (C=O) groups excluding carboxylic acids is 1. The van der Waals surface area contributed by atoms with Crippen LogP contribution in [0.15, 0.2) is 42.7 Å². The lowest BCUT2D eigenvalue weighted by molar-refractivity contribution is -0.385. The number of ether oxygens (including phenoxy) is 1. The Labute approximate surface area is 145 Å². The van der Waals surface area contributed by atoms with Crippen molar-refractivity contribution in [3.05, 3.63) is 74.1 Å². The number of nitro groups is 2. The molecule has 132 valence electrons. The summed E-state index contributed by atoms with van der Waals surface area (Å²) < 4.78 is 6.15. The summed E-state index contributed by atoms with van der Waals surface area (Å²) in [5.41, 5.74) is 0.904. The Morgan fingerprint density at radius 2 is 1.88 bits per heavy atom. The molecule has 0 saturated carbocycles. The van der Waals surface area contributed by atoms with Crippen molar-refractivity contribution in [3.63, 3.8) is 0 Å². The van der Waals surface area contributed by atoms with Crippen LogP contribution in [0.2, 0.25) is 0 Å². The van der Waals surface area contributed by atoms with Crippen LogP contribution in [-0.4, -0.2) is 25.5 Å². The minimum Gasteiger partial charge on any atom is -0.444 e. The number of nitrogens with zero attached hydrogens (tertiary/aromatic N) is 4. The minimum atomic E-state index is -0.844. The molecule has 0 aliphatic heterocycles. The van der Waals surface area contributed by atoms with Crippen LogP contribution in [0.1, 0.15) is 11.1 Å². The van der Waals surface area contributed by atoms with Crippen LogP contribution >= 0.6 is 0 Å². The molecule has 26 heavy (non-hydrogen) atoms. The van der Waals surface area contributed by atoms with Gasteiger partial charge in [0.2, 0.25) is 0 Å². The summed E-state index contributed by atoms with van der Waals surface area (Å²) in [6.07, 6.45) is 0.272. The van der Waals surface area contributed by atoms with Crippen LogP contribution in [0.25, 0.3) is 11.0 Å². The van der Waals surface area contributed by atoms with E-state index in [-0.39, 0.29) is 34.6 Å². The van der Waals surface area contributed by atoms with Gasteiger partial charge in [0.05, 0.1) is 20.9 Å². The number of hydrogen-bond donors (Lipinski definition) is 0. The molecule has 1 aromatic heterocycles. The molecule has 0 aliphatic rings. The number of para-hydroxylation sites is 1. The Kier molecular flexibility index (Phi) is 4.31. The third-order valence-corrected chi connectivity index (χ3v) is 3.73. The maximum Gasteiger partial charge on any atom is 0.420 e. The monoisotopic (exact) mass is 356 g/mol. The van der Waals surface area contributed by atoms with Crippen LogP contribution in [-0.2, 0) is 11.3 Å². The normalized spacial score (nSPS) is 10.7. The van der Waals surface area contributed by atoms with Gasteiger partial charge in [0.25, 0.3) is 11.4 Å². The summed E-state index contributed by atoms with van der Waals surface area (Å²) >= 11 is 0. The van der Waals surface area contributed by atoms with Crippen molar-refractivity contribution in [2.45, 2.75) is 13.5 Å². The fourth-order valence-corrected chi connectivity index (χ4v) is 2.53. The zero-order chi connectivity index (χ0) is 18.8. The van der Waals surface area contributed by atoms with Gasteiger partial charge >= 0.3 is 6.09 Å². The van der Waals surface area contributed by atoms with Gasteiger partial charge in [-0.1, -0.05) is 17.7 Å². The average molecular weight is 356 g/mol. The van der Waals surface area contributed by atoms with Gasteiger partial charge in [0.1, 0.15) is 12.9 Å². The Balaban J connectivity index is 1.87. The third-order valence-electron chi connectivity index (χ3n) is 3.73. The number of carbonyl (C=O) groups is 1.